The van der Waals surface area contributed by atoms with E-state index in [9.17, 15) is 10.2 Å². The first-order valence-electron chi connectivity index (χ1n) is 8.06. The Morgan fingerprint density at radius 2 is 1.75 bits per heavy atom. The van der Waals surface area contributed by atoms with Crippen LogP contribution in [-0.2, 0) is 13.2 Å². The van der Waals surface area contributed by atoms with Crippen LogP contribution in [0, 0.1) is 5.92 Å². The van der Waals surface area contributed by atoms with E-state index in [2.05, 4.69) is 4.98 Å². The van der Waals surface area contributed by atoms with E-state index in [4.69, 9.17) is 5.11 Å². The van der Waals surface area contributed by atoms with Crippen molar-refractivity contribution < 1.29 is 15.3 Å². The van der Waals surface area contributed by atoms with E-state index >= 15 is 0 Å². The van der Waals surface area contributed by atoms with Crippen molar-refractivity contribution in [3.63, 3.8) is 0 Å². The minimum Gasteiger partial charge on any atom is -0.392 e. The van der Waals surface area contributed by atoms with Gasteiger partial charge in [-0.25, -0.2) is 4.98 Å². The molecule has 0 radical (unpaired) electrons. The van der Waals surface area contributed by atoms with Gasteiger partial charge in [-0.1, -0.05) is 43.3 Å². The molecule has 126 valence electrons. The summed E-state index contributed by atoms with van der Waals surface area (Å²) in [6.07, 6.45) is 0.223. The fourth-order valence-electron chi connectivity index (χ4n) is 2.86. The Kier molecular flexibility index (Phi) is 4.94. The molecule has 24 heavy (non-hydrogen) atoms. The molecular weight excluding hydrogens is 304 g/mol. The lowest BCUT2D eigenvalue weighted by molar-refractivity contribution is 0.0128. The number of aliphatic hydroxyl groups excluding tert-OH is 3. The highest BCUT2D eigenvalue weighted by Crippen LogP contribution is 2.26. The van der Waals surface area contributed by atoms with Gasteiger partial charge in [0.05, 0.1) is 42.7 Å². The summed E-state index contributed by atoms with van der Waals surface area (Å²) in [6.45, 7) is 2.17. The lowest BCUT2D eigenvalue weighted by Gasteiger charge is -2.25. The third-order valence-electron chi connectivity index (χ3n) is 4.52. The number of fused-ring (bicyclic) bond motifs is 1. The number of imidazole rings is 1. The van der Waals surface area contributed by atoms with Crippen molar-refractivity contribution >= 4 is 11.0 Å². The standard InChI is InChI=1S/C19H22N2O3/c1-13(19(24)15-8-6-14(11-22)7-9-15)18(23)10-21-12-20-16-4-2-3-5-17(16)21/h2-9,12-13,18-19,22-24H,10-11H2,1H3. The van der Waals surface area contributed by atoms with Gasteiger partial charge in [0.25, 0.3) is 0 Å². The molecule has 0 saturated carbocycles. The molecule has 5 nitrogen and oxygen atoms in total. The zero-order valence-corrected chi connectivity index (χ0v) is 13.6. The van der Waals surface area contributed by atoms with Gasteiger partial charge < -0.3 is 19.9 Å². The lowest BCUT2D eigenvalue weighted by Crippen LogP contribution is -2.28. The van der Waals surface area contributed by atoms with Crippen molar-refractivity contribution in [2.75, 3.05) is 0 Å². The number of nitrogens with zero attached hydrogens (tertiary/aromatic N) is 2. The summed E-state index contributed by atoms with van der Waals surface area (Å²) in [6, 6.07) is 14.9. The highest BCUT2D eigenvalue weighted by atomic mass is 16.3. The summed E-state index contributed by atoms with van der Waals surface area (Å²) in [7, 11) is 0. The van der Waals surface area contributed by atoms with Gasteiger partial charge in [0.2, 0.25) is 0 Å². The van der Waals surface area contributed by atoms with Crippen LogP contribution in [0.4, 0.5) is 0 Å². The smallest absolute Gasteiger partial charge is 0.0959 e. The Morgan fingerprint density at radius 1 is 1.04 bits per heavy atom. The van der Waals surface area contributed by atoms with E-state index in [-0.39, 0.29) is 12.5 Å². The van der Waals surface area contributed by atoms with Crippen LogP contribution in [0.1, 0.15) is 24.2 Å². The van der Waals surface area contributed by atoms with E-state index in [1.165, 1.54) is 0 Å². The fourth-order valence-corrected chi connectivity index (χ4v) is 2.86. The van der Waals surface area contributed by atoms with Gasteiger partial charge in [0, 0.05) is 5.92 Å². The largest absolute Gasteiger partial charge is 0.392 e. The molecule has 0 spiro atoms. The Morgan fingerprint density at radius 3 is 2.46 bits per heavy atom. The molecule has 0 amide bonds. The normalized spacial score (nSPS) is 15.3. The molecule has 0 saturated heterocycles. The lowest BCUT2D eigenvalue weighted by atomic mass is 9.92. The second-order valence-corrected chi connectivity index (χ2v) is 6.16. The van der Waals surface area contributed by atoms with Crippen LogP contribution in [0.15, 0.2) is 54.9 Å². The molecule has 2 aromatic carbocycles. The van der Waals surface area contributed by atoms with Gasteiger partial charge in [-0.2, -0.15) is 0 Å². The predicted octanol–water partition coefficient (Wildman–Crippen LogP) is 2.26. The van der Waals surface area contributed by atoms with Gasteiger partial charge >= 0.3 is 0 Å². The van der Waals surface area contributed by atoms with Crippen molar-refractivity contribution in [3.05, 3.63) is 66.0 Å². The fraction of sp³-hybridized carbons (Fsp3) is 0.316. The van der Waals surface area contributed by atoms with Crippen molar-refractivity contribution in [1.82, 2.24) is 9.55 Å². The summed E-state index contributed by atoms with van der Waals surface area (Å²) in [5.74, 6) is -0.342. The Hall–Kier alpha value is -2.21. The second-order valence-electron chi connectivity index (χ2n) is 6.16. The van der Waals surface area contributed by atoms with Crippen molar-refractivity contribution in [2.24, 2.45) is 5.92 Å². The summed E-state index contributed by atoms with van der Waals surface area (Å²) in [5, 5.41) is 30.1. The highest BCUT2D eigenvalue weighted by Gasteiger charge is 2.24. The molecule has 0 bridgehead atoms. The average Bonchev–Trinajstić information content (AvgIpc) is 3.03. The van der Waals surface area contributed by atoms with Gasteiger partial charge in [-0.05, 0) is 23.3 Å². The minimum atomic E-state index is -0.775. The number of aromatic nitrogens is 2. The molecule has 3 rings (SSSR count). The zero-order valence-electron chi connectivity index (χ0n) is 13.6. The summed E-state index contributed by atoms with van der Waals surface area (Å²) in [4.78, 5) is 4.32. The molecule has 1 aromatic heterocycles. The van der Waals surface area contributed by atoms with Crippen molar-refractivity contribution in [2.45, 2.75) is 32.3 Å². The molecule has 1 heterocycles. The third-order valence-corrected chi connectivity index (χ3v) is 4.52. The second kappa shape index (κ2) is 7.13. The highest BCUT2D eigenvalue weighted by molar-refractivity contribution is 5.74. The molecule has 3 aromatic rings. The van der Waals surface area contributed by atoms with Crippen LogP contribution >= 0.6 is 0 Å². The summed E-state index contributed by atoms with van der Waals surface area (Å²) >= 11 is 0. The Labute approximate surface area is 140 Å². The molecule has 5 heteroatoms. The molecule has 0 aliphatic carbocycles. The molecule has 0 aliphatic rings. The molecule has 0 aliphatic heterocycles. The molecule has 3 atom stereocenters. The van der Waals surface area contributed by atoms with Crippen LogP contribution in [0.2, 0.25) is 0 Å². The first-order valence-corrected chi connectivity index (χ1v) is 8.06. The number of para-hydroxylation sites is 2. The maximum Gasteiger partial charge on any atom is 0.0959 e. The Balaban J connectivity index is 1.72. The van der Waals surface area contributed by atoms with E-state index in [0.717, 1.165) is 22.2 Å². The number of benzene rings is 2. The molecular formula is C19H22N2O3. The van der Waals surface area contributed by atoms with Gasteiger partial charge in [0.1, 0.15) is 0 Å². The quantitative estimate of drug-likeness (QED) is 0.649. The average molecular weight is 326 g/mol. The van der Waals surface area contributed by atoms with E-state index < -0.39 is 12.2 Å². The Bertz CT molecular complexity index is 798. The SMILES string of the molecule is CC(C(O)Cn1cnc2ccccc21)C(O)c1ccc(CO)cc1. The predicted molar refractivity (Wildman–Crippen MR) is 92.2 cm³/mol. The van der Waals surface area contributed by atoms with Crippen LogP contribution < -0.4 is 0 Å². The van der Waals surface area contributed by atoms with Crippen LogP contribution in [0.25, 0.3) is 11.0 Å². The van der Waals surface area contributed by atoms with Gasteiger partial charge in [-0.3, -0.25) is 0 Å². The third kappa shape index (κ3) is 3.33. The molecule has 0 fully saturated rings. The summed E-state index contributed by atoms with van der Waals surface area (Å²) < 4.78 is 1.90. The number of hydrogen-bond acceptors (Lipinski definition) is 4. The first-order chi connectivity index (χ1) is 11.6. The van der Waals surface area contributed by atoms with E-state index in [0.29, 0.717) is 6.54 Å². The van der Waals surface area contributed by atoms with Crippen molar-refractivity contribution in [1.29, 1.82) is 0 Å². The number of aliphatic hydroxyl groups is 3. The topological polar surface area (TPSA) is 78.5 Å². The maximum atomic E-state index is 10.5. The first kappa shape index (κ1) is 16.6. The van der Waals surface area contributed by atoms with Crippen molar-refractivity contribution in [3.8, 4) is 0 Å². The van der Waals surface area contributed by atoms with Crippen LogP contribution in [0.3, 0.4) is 0 Å². The summed E-state index contributed by atoms with van der Waals surface area (Å²) in [5.41, 5.74) is 3.38. The van der Waals surface area contributed by atoms with Gasteiger partial charge in [0.15, 0.2) is 0 Å². The number of rotatable bonds is 6. The zero-order chi connectivity index (χ0) is 17.1. The van der Waals surface area contributed by atoms with E-state index in [1.54, 1.807) is 30.6 Å². The maximum absolute atomic E-state index is 10.5. The van der Waals surface area contributed by atoms with Crippen LogP contribution in [0.5, 0.6) is 0 Å². The molecule has 3 N–H and O–H groups in total. The molecule has 3 unspecified atom stereocenters. The van der Waals surface area contributed by atoms with Gasteiger partial charge in [-0.15, -0.1) is 0 Å². The van der Waals surface area contributed by atoms with Crippen LogP contribution in [-0.4, -0.2) is 31.0 Å². The monoisotopic (exact) mass is 326 g/mol. The number of hydrogen-bond donors (Lipinski definition) is 3. The van der Waals surface area contributed by atoms with E-state index in [1.807, 2.05) is 35.8 Å². The minimum absolute atomic E-state index is 0.0255.